The molecule has 6 amide bonds. The van der Waals surface area contributed by atoms with Gasteiger partial charge in [0, 0.05) is 19.6 Å². The highest BCUT2D eigenvalue weighted by Crippen LogP contribution is 2.40. The summed E-state index contributed by atoms with van der Waals surface area (Å²) in [6.45, 7) is 9.14. The highest BCUT2D eigenvalue weighted by atomic mass is 16.7. The summed E-state index contributed by atoms with van der Waals surface area (Å²) in [5.41, 5.74) is 7.34. The number of imidazole rings is 2. The maximum absolute atomic E-state index is 14.3. The number of alkyl carbamates (subject to hydrolysis) is 2. The molecule has 356 valence electrons. The Labute approximate surface area is 393 Å². The Balaban J connectivity index is 0.886. The number of carbonyl (C=O) groups is 5. The van der Waals surface area contributed by atoms with E-state index in [9.17, 15) is 24.0 Å². The molecule has 0 saturated carbocycles. The number of nitrogens with one attached hydrogen (secondary N) is 4. The molecule has 4 aliphatic heterocycles. The summed E-state index contributed by atoms with van der Waals surface area (Å²) in [5.74, 6) is 1.60. The Morgan fingerprint density at radius 2 is 1.13 bits per heavy atom. The van der Waals surface area contributed by atoms with Gasteiger partial charge in [0.2, 0.25) is 18.6 Å². The molecule has 4 atom stereocenters. The molecule has 4 aliphatic rings. The molecule has 0 spiro atoms. The van der Waals surface area contributed by atoms with Crippen LogP contribution in [0.4, 0.5) is 14.4 Å². The summed E-state index contributed by atoms with van der Waals surface area (Å²) >= 11 is 0. The van der Waals surface area contributed by atoms with E-state index in [2.05, 4.69) is 25.6 Å². The molecule has 2 fully saturated rings. The molecule has 19 nitrogen and oxygen atoms in total. The fourth-order valence-electron chi connectivity index (χ4n) is 9.43. The van der Waals surface area contributed by atoms with Crippen molar-refractivity contribution in [3.63, 3.8) is 0 Å². The summed E-state index contributed by atoms with van der Waals surface area (Å²) in [7, 11) is 2.53. The third-order valence-electron chi connectivity index (χ3n) is 13.2. The summed E-state index contributed by atoms with van der Waals surface area (Å²) in [6, 6.07) is 17.3. The molecule has 6 heterocycles. The zero-order chi connectivity index (χ0) is 47.8. The van der Waals surface area contributed by atoms with E-state index in [1.165, 1.54) is 14.2 Å². The van der Waals surface area contributed by atoms with Crippen LogP contribution in [0.2, 0.25) is 0 Å². The van der Waals surface area contributed by atoms with E-state index in [1.54, 1.807) is 32.0 Å². The number of urea groups is 1. The van der Waals surface area contributed by atoms with E-state index in [1.807, 2.05) is 88.4 Å². The highest BCUT2D eigenvalue weighted by Gasteiger charge is 2.44. The molecule has 19 heteroatoms. The van der Waals surface area contributed by atoms with Crippen LogP contribution in [0.5, 0.6) is 11.5 Å². The van der Waals surface area contributed by atoms with Crippen LogP contribution in [0.3, 0.4) is 0 Å². The second kappa shape index (κ2) is 19.0. The number of nitrogens with zero attached hydrogens (tertiary/aromatic N) is 6. The van der Waals surface area contributed by atoms with Crippen molar-refractivity contribution in [2.24, 2.45) is 11.8 Å². The Hall–Kier alpha value is -7.57. The van der Waals surface area contributed by atoms with Crippen LogP contribution >= 0.6 is 0 Å². The van der Waals surface area contributed by atoms with Crippen LogP contribution in [0.15, 0.2) is 73.1 Å². The topological polar surface area (TPSA) is 217 Å². The molecule has 0 radical (unpaired) electrons. The lowest BCUT2D eigenvalue weighted by Gasteiger charge is -2.30. The predicted octanol–water partition coefficient (Wildman–Crippen LogP) is 6.57. The number of hydrogen-bond donors (Lipinski definition) is 4. The number of ether oxygens (including phenoxy) is 4. The van der Waals surface area contributed by atoms with Crippen LogP contribution in [0.1, 0.15) is 75.4 Å². The standard InChI is InChI=1S/C49H56N10O9/c1-27(2)41(54-47(62)65-5)45(60)58-17-7-8-37(58)43-50-20-35(52-43)31-13-9-29(10-14-31)30-11-15-32(16-12-30)36-21-51-44(53-36)38-24-57(25-59(38)46(61)42(28(3)4)55-48(63)66-6)49(64)56-22-33-18-39-40(68-26-67-39)19-34(33)23-56/h9-16,18-21,27-28,37-38,41-42H,7-8,17,22-26H2,1-6H3,(H,50,52)(H,51,53)(H,54,62)(H,55,63)/t37-,38?,41-,42-/m0/s1. The van der Waals surface area contributed by atoms with E-state index < -0.39 is 30.3 Å². The van der Waals surface area contributed by atoms with Gasteiger partial charge in [0.1, 0.15) is 29.8 Å². The van der Waals surface area contributed by atoms with Gasteiger partial charge in [-0.15, -0.1) is 0 Å². The molecule has 1 unspecified atom stereocenters. The van der Waals surface area contributed by atoms with Crippen LogP contribution in [0, 0.1) is 11.8 Å². The monoisotopic (exact) mass is 928 g/mol. The second-order valence-electron chi connectivity index (χ2n) is 18.2. The average molecular weight is 929 g/mol. The lowest BCUT2D eigenvalue weighted by atomic mass is 10.0. The second-order valence-corrected chi connectivity index (χ2v) is 18.2. The molecule has 9 rings (SSSR count). The number of rotatable bonds is 11. The molecule has 2 saturated heterocycles. The van der Waals surface area contributed by atoms with Gasteiger partial charge in [-0.25, -0.2) is 24.4 Å². The summed E-state index contributed by atoms with van der Waals surface area (Å²) in [6.07, 6.45) is 3.73. The van der Waals surface area contributed by atoms with E-state index in [0.717, 1.165) is 57.6 Å². The Bertz CT molecular complexity index is 2670. The normalized spacial score (nSPS) is 18.2. The molecule has 5 aromatic rings. The Kier molecular flexibility index (Phi) is 12.7. The van der Waals surface area contributed by atoms with Crippen molar-refractivity contribution in [3.8, 4) is 45.1 Å². The maximum atomic E-state index is 14.3. The van der Waals surface area contributed by atoms with E-state index >= 15 is 0 Å². The highest BCUT2D eigenvalue weighted by molar-refractivity contribution is 5.88. The third kappa shape index (κ3) is 8.99. The molecule has 2 aromatic heterocycles. The molecular formula is C49H56N10O9. The minimum atomic E-state index is -0.909. The number of amides is 6. The van der Waals surface area contributed by atoms with E-state index in [4.69, 9.17) is 23.9 Å². The largest absolute Gasteiger partial charge is 0.454 e. The van der Waals surface area contributed by atoms with Gasteiger partial charge in [0.25, 0.3) is 0 Å². The number of hydrogen-bond acceptors (Lipinski definition) is 11. The minimum absolute atomic E-state index is 0.00828. The van der Waals surface area contributed by atoms with Crippen molar-refractivity contribution in [2.75, 3.05) is 40.8 Å². The first-order chi connectivity index (χ1) is 32.8. The average Bonchev–Trinajstić information content (AvgIpc) is 4.21. The molecule has 4 N–H and O–H groups in total. The first-order valence-electron chi connectivity index (χ1n) is 22.9. The SMILES string of the molecule is COC(=O)N[C@H](C(=O)N1CN(C(=O)N2Cc3cc4c(cc3C2)OCO4)CC1c1ncc(-c2ccc(-c3ccc(-c4cnc([C@@H]5CCCN5C(=O)[C@@H](NC(=O)OC)C(C)C)[nH]4)cc3)cc2)[nH]1)C(C)C. The summed E-state index contributed by atoms with van der Waals surface area (Å²) in [5, 5.41) is 5.38. The van der Waals surface area contributed by atoms with Gasteiger partial charge >= 0.3 is 18.2 Å². The molecule has 0 bridgehead atoms. The number of fused-ring (bicyclic) bond motifs is 2. The van der Waals surface area contributed by atoms with Crippen molar-refractivity contribution >= 4 is 30.0 Å². The third-order valence-corrected chi connectivity index (χ3v) is 13.2. The van der Waals surface area contributed by atoms with Crippen molar-refractivity contribution in [3.05, 3.63) is 95.8 Å². The summed E-state index contributed by atoms with van der Waals surface area (Å²) < 4.78 is 20.7. The quantitative estimate of drug-likeness (QED) is 0.111. The Morgan fingerprint density at radius 1 is 0.662 bits per heavy atom. The number of benzene rings is 3. The van der Waals surface area contributed by atoms with Gasteiger partial charge in [-0.1, -0.05) is 76.2 Å². The van der Waals surface area contributed by atoms with Gasteiger partial charge in [-0.2, -0.15) is 0 Å². The van der Waals surface area contributed by atoms with Crippen molar-refractivity contribution in [2.45, 2.75) is 77.8 Å². The van der Waals surface area contributed by atoms with Gasteiger partial charge < -0.3 is 59.1 Å². The zero-order valence-electron chi connectivity index (χ0n) is 38.9. The van der Waals surface area contributed by atoms with Gasteiger partial charge in [0.15, 0.2) is 11.5 Å². The lowest BCUT2D eigenvalue weighted by Crippen LogP contribution is -2.52. The first kappa shape index (κ1) is 45.6. The number of H-pyrrole nitrogens is 2. The Morgan fingerprint density at radius 3 is 1.62 bits per heavy atom. The first-order valence-corrected chi connectivity index (χ1v) is 22.9. The number of carbonyl (C=O) groups excluding carboxylic acids is 5. The van der Waals surface area contributed by atoms with Gasteiger partial charge in [0.05, 0.1) is 57.3 Å². The molecule has 3 aromatic carbocycles. The van der Waals surface area contributed by atoms with E-state index in [0.29, 0.717) is 42.8 Å². The molecule has 68 heavy (non-hydrogen) atoms. The number of methoxy groups -OCH3 is 2. The van der Waals surface area contributed by atoms with Crippen molar-refractivity contribution in [1.82, 2.24) is 50.2 Å². The number of aromatic nitrogens is 4. The van der Waals surface area contributed by atoms with Crippen LogP contribution < -0.4 is 20.1 Å². The van der Waals surface area contributed by atoms with Gasteiger partial charge in [-0.05, 0) is 70.2 Å². The maximum Gasteiger partial charge on any atom is 0.407 e. The van der Waals surface area contributed by atoms with Crippen molar-refractivity contribution in [1.29, 1.82) is 0 Å². The van der Waals surface area contributed by atoms with E-state index in [-0.39, 0.29) is 55.7 Å². The van der Waals surface area contributed by atoms with Crippen LogP contribution in [-0.4, -0.2) is 122 Å². The minimum Gasteiger partial charge on any atom is -0.454 e. The predicted molar refractivity (Wildman–Crippen MR) is 247 cm³/mol. The van der Waals surface area contributed by atoms with Crippen molar-refractivity contribution < 1.29 is 42.9 Å². The van der Waals surface area contributed by atoms with Gasteiger partial charge in [-0.3, -0.25) is 9.59 Å². The lowest BCUT2D eigenvalue weighted by molar-refractivity contribution is -0.136. The molecular weight excluding hydrogens is 873 g/mol. The molecule has 0 aliphatic carbocycles. The fraction of sp³-hybridized carbons (Fsp3) is 0.408. The number of aromatic amines is 2. The summed E-state index contributed by atoms with van der Waals surface area (Å²) in [4.78, 5) is 89.5. The fourth-order valence-corrected chi connectivity index (χ4v) is 9.43. The number of likely N-dealkylation sites (tertiary alicyclic amines) is 1. The van der Waals surface area contributed by atoms with Crippen LogP contribution in [-0.2, 0) is 32.2 Å². The zero-order valence-corrected chi connectivity index (χ0v) is 38.9. The van der Waals surface area contributed by atoms with Crippen LogP contribution in [0.25, 0.3) is 33.6 Å². The smallest absolute Gasteiger partial charge is 0.407 e.